The minimum atomic E-state index is 0.676. The van der Waals surface area contributed by atoms with Gasteiger partial charge in [-0.25, -0.2) is 0 Å². The fraction of sp³-hybridized carbons (Fsp3) is 0.833. The predicted octanol–water partition coefficient (Wildman–Crippen LogP) is 1.58. The number of terminal acetylenes is 1. The van der Waals surface area contributed by atoms with Crippen LogP contribution in [0.5, 0.6) is 0 Å². The van der Waals surface area contributed by atoms with Crippen LogP contribution in [-0.2, 0) is 0 Å². The van der Waals surface area contributed by atoms with Gasteiger partial charge in [0.15, 0.2) is 0 Å². The summed E-state index contributed by atoms with van der Waals surface area (Å²) in [6, 6.07) is 0. The molecule has 0 saturated heterocycles. The first-order valence-corrected chi connectivity index (χ1v) is 5.61. The largest absolute Gasteiger partial charge is 0.316 e. The highest BCUT2D eigenvalue weighted by Crippen LogP contribution is 1.98. The Balaban J connectivity index is 3.57. The van der Waals surface area contributed by atoms with Gasteiger partial charge in [-0.2, -0.15) is 0 Å². The highest BCUT2D eigenvalue weighted by Gasteiger charge is 2.06. The van der Waals surface area contributed by atoms with E-state index in [4.69, 9.17) is 6.42 Å². The summed E-state index contributed by atoms with van der Waals surface area (Å²) in [5, 5.41) is 3.43. The van der Waals surface area contributed by atoms with Crippen molar-refractivity contribution in [1.29, 1.82) is 0 Å². The van der Waals surface area contributed by atoms with Crippen LogP contribution in [0.15, 0.2) is 0 Å². The minimum absolute atomic E-state index is 0.676. The van der Waals surface area contributed by atoms with Crippen LogP contribution in [0.2, 0.25) is 0 Å². The van der Waals surface area contributed by atoms with Gasteiger partial charge in [-0.3, -0.25) is 4.90 Å². The lowest BCUT2D eigenvalue weighted by molar-refractivity contribution is 0.272. The molecule has 0 heterocycles. The SMILES string of the molecule is C#CCN(CC)CC(C)CNCCC. The Morgan fingerprint density at radius 1 is 1.43 bits per heavy atom. The molecular weight excluding hydrogens is 172 g/mol. The lowest BCUT2D eigenvalue weighted by Gasteiger charge is -2.22. The van der Waals surface area contributed by atoms with Crippen molar-refractivity contribution < 1.29 is 0 Å². The Hall–Kier alpha value is -0.520. The van der Waals surface area contributed by atoms with E-state index in [1.807, 2.05) is 0 Å². The Labute approximate surface area is 89.1 Å². The summed E-state index contributed by atoms with van der Waals surface area (Å²) in [7, 11) is 0. The van der Waals surface area contributed by atoms with Gasteiger partial charge in [-0.1, -0.05) is 26.7 Å². The zero-order chi connectivity index (χ0) is 10.8. The molecule has 0 amide bonds. The highest BCUT2D eigenvalue weighted by molar-refractivity contribution is 4.88. The van der Waals surface area contributed by atoms with Gasteiger partial charge in [0.2, 0.25) is 0 Å². The van der Waals surface area contributed by atoms with Crippen LogP contribution >= 0.6 is 0 Å². The fourth-order valence-corrected chi connectivity index (χ4v) is 1.47. The molecule has 0 saturated carbocycles. The van der Waals surface area contributed by atoms with Gasteiger partial charge in [0.25, 0.3) is 0 Å². The van der Waals surface area contributed by atoms with E-state index in [9.17, 15) is 0 Å². The monoisotopic (exact) mass is 196 g/mol. The molecule has 0 aromatic rings. The van der Waals surface area contributed by atoms with Gasteiger partial charge in [-0.05, 0) is 32.0 Å². The lowest BCUT2D eigenvalue weighted by atomic mass is 10.1. The fourth-order valence-electron chi connectivity index (χ4n) is 1.47. The van der Waals surface area contributed by atoms with Crippen LogP contribution in [0.25, 0.3) is 0 Å². The third kappa shape index (κ3) is 6.94. The molecular formula is C12H24N2. The summed E-state index contributed by atoms with van der Waals surface area (Å²) in [6.07, 6.45) is 6.50. The normalized spacial score (nSPS) is 12.8. The minimum Gasteiger partial charge on any atom is -0.316 e. The second-order valence-corrected chi connectivity index (χ2v) is 3.84. The van der Waals surface area contributed by atoms with Gasteiger partial charge in [0, 0.05) is 6.54 Å². The lowest BCUT2D eigenvalue weighted by Crippen LogP contribution is -2.33. The van der Waals surface area contributed by atoms with Crippen molar-refractivity contribution in [2.75, 3.05) is 32.7 Å². The van der Waals surface area contributed by atoms with Crippen LogP contribution < -0.4 is 5.32 Å². The molecule has 0 radical (unpaired) electrons. The van der Waals surface area contributed by atoms with Crippen molar-refractivity contribution in [2.45, 2.75) is 27.2 Å². The second kappa shape index (κ2) is 9.05. The molecule has 2 nitrogen and oxygen atoms in total. The molecule has 2 heteroatoms. The number of hydrogen-bond acceptors (Lipinski definition) is 2. The quantitative estimate of drug-likeness (QED) is 0.468. The van der Waals surface area contributed by atoms with E-state index in [1.165, 1.54) is 6.42 Å². The maximum Gasteiger partial charge on any atom is 0.0598 e. The Morgan fingerprint density at radius 3 is 2.64 bits per heavy atom. The van der Waals surface area contributed by atoms with Crippen molar-refractivity contribution in [3.05, 3.63) is 0 Å². The highest BCUT2D eigenvalue weighted by atomic mass is 15.1. The van der Waals surface area contributed by atoms with E-state index in [-0.39, 0.29) is 0 Å². The van der Waals surface area contributed by atoms with E-state index in [2.05, 4.69) is 36.9 Å². The second-order valence-electron chi connectivity index (χ2n) is 3.84. The van der Waals surface area contributed by atoms with Gasteiger partial charge in [0.1, 0.15) is 0 Å². The molecule has 0 aromatic carbocycles. The molecule has 1 N–H and O–H groups in total. The van der Waals surface area contributed by atoms with Crippen LogP contribution in [0.1, 0.15) is 27.2 Å². The number of nitrogens with one attached hydrogen (secondary N) is 1. The predicted molar refractivity (Wildman–Crippen MR) is 63.3 cm³/mol. The smallest absolute Gasteiger partial charge is 0.0598 e. The third-order valence-electron chi connectivity index (χ3n) is 2.25. The van der Waals surface area contributed by atoms with Crippen molar-refractivity contribution in [3.63, 3.8) is 0 Å². The Bertz CT molecular complexity index is 160. The standard InChI is InChI=1S/C12H24N2/c1-5-8-13-10-12(4)11-14(7-3)9-6-2/h2,12-13H,5,7-11H2,1,3-4H3. The molecule has 0 aliphatic heterocycles. The van der Waals surface area contributed by atoms with E-state index < -0.39 is 0 Å². The van der Waals surface area contributed by atoms with Crippen molar-refractivity contribution in [1.82, 2.24) is 10.2 Å². The van der Waals surface area contributed by atoms with Crippen molar-refractivity contribution >= 4 is 0 Å². The Morgan fingerprint density at radius 2 is 2.14 bits per heavy atom. The van der Waals surface area contributed by atoms with Crippen molar-refractivity contribution in [3.8, 4) is 12.3 Å². The average molecular weight is 196 g/mol. The number of hydrogen-bond donors (Lipinski definition) is 1. The van der Waals surface area contributed by atoms with Crippen LogP contribution in [-0.4, -0.2) is 37.6 Å². The molecule has 0 bridgehead atoms. The zero-order valence-electron chi connectivity index (χ0n) is 9.84. The summed E-state index contributed by atoms with van der Waals surface area (Å²) >= 11 is 0. The van der Waals surface area contributed by atoms with E-state index in [0.717, 1.165) is 32.7 Å². The van der Waals surface area contributed by atoms with Gasteiger partial charge < -0.3 is 5.32 Å². The molecule has 82 valence electrons. The summed E-state index contributed by atoms with van der Waals surface area (Å²) in [5.41, 5.74) is 0. The topological polar surface area (TPSA) is 15.3 Å². The van der Waals surface area contributed by atoms with Crippen LogP contribution in [0.3, 0.4) is 0 Å². The van der Waals surface area contributed by atoms with E-state index >= 15 is 0 Å². The zero-order valence-corrected chi connectivity index (χ0v) is 9.84. The molecule has 0 rings (SSSR count). The maximum atomic E-state index is 5.30. The summed E-state index contributed by atoms with van der Waals surface area (Å²) in [5.74, 6) is 3.37. The van der Waals surface area contributed by atoms with Crippen LogP contribution in [0, 0.1) is 18.3 Å². The molecule has 1 atom stereocenters. The first-order chi connectivity index (χ1) is 6.74. The number of rotatable bonds is 8. The average Bonchev–Trinajstić information content (AvgIpc) is 2.17. The molecule has 0 aliphatic carbocycles. The molecule has 0 fully saturated rings. The first kappa shape index (κ1) is 13.5. The molecule has 0 aromatic heterocycles. The Kier molecular flexibility index (Phi) is 8.72. The van der Waals surface area contributed by atoms with Crippen LogP contribution in [0.4, 0.5) is 0 Å². The van der Waals surface area contributed by atoms with E-state index in [0.29, 0.717) is 5.92 Å². The third-order valence-corrected chi connectivity index (χ3v) is 2.25. The molecule has 0 aliphatic rings. The van der Waals surface area contributed by atoms with Gasteiger partial charge in [0.05, 0.1) is 6.54 Å². The molecule has 14 heavy (non-hydrogen) atoms. The molecule has 1 unspecified atom stereocenters. The van der Waals surface area contributed by atoms with E-state index in [1.54, 1.807) is 0 Å². The van der Waals surface area contributed by atoms with Crippen molar-refractivity contribution in [2.24, 2.45) is 5.92 Å². The summed E-state index contributed by atoms with van der Waals surface area (Å²) < 4.78 is 0. The number of nitrogens with zero attached hydrogens (tertiary/aromatic N) is 1. The maximum absolute atomic E-state index is 5.30. The summed E-state index contributed by atoms with van der Waals surface area (Å²) in [4.78, 5) is 2.30. The van der Waals surface area contributed by atoms with Gasteiger partial charge in [-0.15, -0.1) is 6.42 Å². The first-order valence-electron chi connectivity index (χ1n) is 5.61. The summed E-state index contributed by atoms with van der Waals surface area (Å²) in [6.45, 7) is 11.7. The molecule has 0 spiro atoms. The van der Waals surface area contributed by atoms with Gasteiger partial charge >= 0.3 is 0 Å².